The Balaban J connectivity index is 2.71. The van der Waals surface area contributed by atoms with E-state index in [1.54, 1.807) is 4.90 Å². The summed E-state index contributed by atoms with van der Waals surface area (Å²) in [5.74, 6) is -0.875. The lowest BCUT2D eigenvalue weighted by Gasteiger charge is -2.38. The van der Waals surface area contributed by atoms with E-state index < -0.39 is 5.97 Å². The highest BCUT2D eigenvalue weighted by Gasteiger charge is 2.34. The number of carbonyl (C=O) groups excluding carboxylic acids is 1. The van der Waals surface area contributed by atoms with E-state index in [2.05, 4.69) is 4.90 Å². The number of hydrogen-bond acceptors (Lipinski definition) is 3. The third kappa shape index (κ3) is 4.37. The van der Waals surface area contributed by atoms with Crippen LogP contribution in [0, 0.1) is 0 Å². The number of nitrogens with zero attached hydrogens (tertiary/aromatic N) is 3. The largest absolute Gasteiger partial charge is 0.481 e. The number of carboxylic acids is 1. The first-order valence-corrected chi connectivity index (χ1v) is 7.07. The minimum Gasteiger partial charge on any atom is -0.481 e. The Hall–Kier alpha value is -1.30. The number of carboxylic acid groups (broad SMARTS) is 1. The second kappa shape index (κ2) is 6.43. The topological polar surface area (TPSA) is 64.1 Å². The molecule has 116 valence electrons. The van der Waals surface area contributed by atoms with E-state index in [-0.39, 0.29) is 24.5 Å². The Kier molecular flexibility index (Phi) is 5.39. The number of amides is 2. The van der Waals surface area contributed by atoms with Gasteiger partial charge in [0.15, 0.2) is 0 Å². The van der Waals surface area contributed by atoms with Crippen molar-refractivity contribution in [2.75, 3.05) is 33.7 Å². The van der Waals surface area contributed by atoms with Gasteiger partial charge in [-0.15, -0.1) is 0 Å². The van der Waals surface area contributed by atoms with Crippen LogP contribution >= 0.6 is 0 Å². The average Bonchev–Trinajstić information content (AvgIpc) is 2.75. The van der Waals surface area contributed by atoms with Crippen LogP contribution in [0.1, 0.15) is 33.6 Å². The second-order valence-electron chi connectivity index (χ2n) is 6.60. The summed E-state index contributed by atoms with van der Waals surface area (Å²) in [6, 6.07) is 0.336. The van der Waals surface area contributed by atoms with Crippen LogP contribution in [0.4, 0.5) is 4.79 Å². The Labute approximate surface area is 121 Å². The van der Waals surface area contributed by atoms with Crippen molar-refractivity contribution >= 4 is 12.0 Å². The monoisotopic (exact) mass is 285 g/mol. The van der Waals surface area contributed by atoms with Gasteiger partial charge in [-0.25, -0.2) is 4.79 Å². The average molecular weight is 285 g/mol. The van der Waals surface area contributed by atoms with Gasteiger partial charge in [-0.3, -0.25) is 4.79 Å². The molecule has 0 aromatic carbocycles. The molecule has 6 nitrogen and oxygen atoms in total. The fourth-order valence-electron chi connectivity index (χ4n) is 2.43. The molecule has 0 aromatic rings. The van der Waals surface area contributed by atoms with Crippen molar-refractivity contribution in [1.29, 1.82) is 0 Å². The van der Waals surface area contributed by atoms with Crippen LogP contribution < -0.4 is 0 Å². The highest BCUT2D eigenvalue weighted by atomic mass is 16.4. The Morgan fingerprint density at radius 1 is 1.30 bits per heavy atom. The first kappa shape index (κ1) is 16.8. The van der Waals surface area contributed by atoms with E-state index in [0.717, 1.165) is 13.0 Å². The highest BCUT2D eigenvalue weighted by Crippen LogP contribution is 2.20. The van der Waals surface area contributed by atoms with Crippen LogP contribution in [0.5, 0.6) is 0 Å². The number of likely N-dealkylation sites (tertiary alicyclic amines) is 1. The van der Waals surface area contributed by atoms with Crippen LogP contribution in [0.2, 0.25) is 0 Å². The molecule has 1 unspecified atom stereocenters. The van der Waals surface area contributed by atoms with Crippen LogP contribution in [-0.2, 0) is 4.79 Å². The normalized spacial score (nSPS) is 19.5. The lowest BCUT2D eigenvalue weighted by Crippen LogP contribution is -2.52. The third-order valence-corrected chi connectivity index (χ3v) is 3.75. The number of likely N-dealkylation sites (N-methyl/N-ethyl adjacent to an activating group) is 1. The molecule has 0 radical (unpaired) electrons. The van der Waals surface area contributed by atoms with E-state index in [0.29, 0.717) is 12.6 Å². The molecule has 2 amide bonds. The zero-order chi connectivity index (χ0) is 15.5. The van der Waals surface area contributed by atoms with Crippen LogP contribution in [0.25, 0.3) is 0 Å². The molecule has 1 atom stereocenters. The molecule has 0 aliphatic carbocycles. The zero-order valence-corrected chi connectivity index (χ0v) is 13.2. The summed E-state index contributed by atoms with van der Waals surface area (Å²) in [7, 11) is 4.04. The van der Waals surface area contributed by atoms with Crippen LogP contribution in [-0.4, -0.2) is 77.1 Å². The van der Waals surface area contributed by atoms with Crippen molar-refractivity contribution in [2.24, 2.45) is 0 Å². The predicted octanol–water partition coefficient (Wildman–Crippen LogP) is 1.32. The van der Waals surface area contributed by atoms with Gasteiger partial charge in [0.2, 0.25) is 0 Å². The van der Waals surface area contributed by atoms with Crippen molar-refractivity contribution in [2.45, 2.75) is 45.2 Å². The third-order valence-electron chi connectivity index (χ3n) is 3.75. The van der Waals surface area contributed by atoms with E-state index in [1.165, 1.54) is 0 Å². The fraction of sp³-hybridized carbons (Fsp3) is 0.857. The van der Waals surface area contributed by atoms with Gasteiger partial charge in [0, 0.05) is 31.2 Å². The van der Waals surface area contributed by atoms with E-state index in [4.69, 9.17) is 5.11 Å². The first-order valence-electron chi connectivity index (χ1n) is 7.07. The number of urea groups is 1. The van der Waals surface area contributed by atoms with Gasteiger partial charge in [0.05, 0.1) is 6.42 Å². The van der Waals surface area contributed by atoms with Gasteiger partial charge < -0.3 is 19.8 Å². The molecule has 0 bridgehead atoms. The summed E-state index contributed by atoms with van der Waals surface area (Å²) >= 11 is 0. The van der Waals surface area contributed by atoms with Crippen LogP contribution in [0.15, 0.2) is 0 Å². The number of carbonyl (C=O) groups is 2. The molecule has 1 aliphatic rings. The number of aliphatic carboxylic acids is 1. The SMILES string of the molecule is CN(C)C1CCN(C(=O)N(CCC(=O)O)C(C)(C)C)C1. The number of rotatable bonds is 4. The van der Waals surface area contributed by atoms with Crippen molar-refractivity contribution in [1.82, 2.24) is 14.7 Å². The Morgan fingerprint density at radius 2 is 1.90 bits per heavy atom. The van der Waals surface area contributed by atoms with E-state index in [1.807, 2.05) is 39.8 Å². The second-order valence-corrected chi connectivity index (χ2v) is 6.60. The van der Waals surface area contributed by atoms with Gasteiger partial charge >= 0.3 is 12.0 Å². The molecule has 1 rings (SSSR count). The summed E-state index contributed by atoms with van der Waals surface area (Å²) in [5, 5.41) is 8.83. The molecule has 0 spiro atoms. The molecule has 20 heavy (non-hydrogen) atoms. The van der Waals surface area contributed by atoms with Gasteiger partial charge in [0.1, 0.15) is 0 Å². The molecule has 1 N–H and O–H groups in total. The quantitative estimate of drug-likeness (QED) is 0.846. The van der Waals surface area contributed by atoms with Gasteiger partial charge in [-0.2, -0.15) is 0 Å². The number of hydrogen-bond donors (Lipinski definition) is 1. The zero-order valence-electron chi connectivity index (χ0n) is 13.2. The predicted molar refractivity (Wildman–Crippen MR) is 77.8 cm³/mol. The molecule has 1 saturated heterocycles. The molecule has 1 heterocycles. The maximum Gasteiger partial charge on any atom is 0.320 e. The standard InChI is InChI=1S/C14H27N3O3/c1-14(2,3)17(9-7-12(18)19)13(20)16-8-6-11(10-16)15(4)5/h11H,6-10H2,1-5H3,(H,18,19). The molecular weight excluding hydrogens is 258 g/mol. The van der Waals surface area contributed by atoms with Gasteiger partial charge in [0.25, 0.3) is 0 Å². The summed E-state index contributed by atoms with van der Waals surface area (Å²) in [4.78, 5) is 29.0. The van der Waals surface area contributed by atoms with E-state index >= 15 is 0 Å². The molecule has 0 aromatic heterocycles. The minimum absolute atomic E-state index is 0.0199. The van der Waals surface area contributed by atoms with Gasteiger partial charge in [-0.05, 0) is 41.3 Å². The molecule has 6 heteroatoms. The first-order chi connectivity index (χ1) is 9.12. The smallest absolute Gasteiger partial charge is 0.320 e. The van der Waals surface area contributed by atoms with Gasteiger partial charge in [-0.1, -0.05) is 0 Å². The summed E-state index contributed by atoms with van der Waals surface area (Å²) in [5.41, 5.74) is -0.372. The van der Waals surface area contributed by atoms with Crippen LogP contribution in [0.3, 0.4) is 0 Å². The molecule has 0 saturated carbocycles. The molecular formula is C14H27N3O3. The van der Waals surface area contributed by atoms with E-state index in [9.17, 15) is 9.59 Å². The highest BCUT2D eigenvalue weighted by molar-refractivity contribution is 5.76. The lowest BCUT2D eigenvalue weighted by atomic mass is 10.1. The van der Waals surface area contributed by atoms with Crippen molar-refractivity contribution in [3.8, 4) is 0 Å². The Bertz CT molecular complexity index is 363. The molecule has 1 aliphatic heterocycles. The summed E-state index contributed by atoms with van der Waals surface area (Å²) in [6.45, 7) is 7.51. The minimum atomic E-state index is -0.875. The van der Waals surface area contributed by atoms with Crippen molar-refractivity contribution < 1.29 is 14.7 Å². The maximum atomic E-state index is 12.6. The Morgan fingerprint density at radius 3 is 2.30 bits per heavy atom. The fourth-order valence-corrected chi connectivity index (χ4v) is 2.43. The summed E-state index contributed by atoms with van der Waals surface area (Å²) < 4.78 is 0. The van der Waals surface area contributed by atoms with Crippen molar-refractivity contribution in [3.05, 3.63) is 0 Å². The summed E-state index contributed by atoms with van der Waals surface area (Å²) in [6.07, 6.45) is 0.948. The molecule has 1 fully saturated rings. The lowest BCUT2D eigenvalue weighted by molar-refractivity contribution is -0.137. The maximum absolute atomic E-state index is 12.6. The van der Waals surface area contributed by atoms with Crippen molar-refractivity contribution in [3.63, 3.8) is 0 Å².